The van der Waals surface area contributed by atoms with Crippen molar-refractivity contribution >= 4 is 17.5 Å². The number of nitrogens with one attached hydrogen (secondary N) is 2. The molecule has 2 N–H and O–H groups in total. The molecular weight excluding hydrogens is 372 g/mol. The standard InChI is InChI=1S/C21H24N4O4/c1-26-16-7-5-14(6-8-16)13-23-21-22-10-9-19(25-21)24-15-11-17(27-2)20(29-4)18(12-15)28-3/h5-12H,13H2,1-4H3,(H2,22,23,24,25). The topological polar surface area (TPSA) is 86.8 Å². The Morgan fingerprint density at radius 1 is 0.828 bits per heavy atom. The van der Waals surface area contributed by atoms with Crippen LogP contribution in [0.4, 0.5) is 17.5 Å². The Morgan fingerprint density at radius 2 is 1.52 bits per heavy atom. The van der Waals surface area contributed by atoms with Gasteiger partial charge in [-0.1, -0.05) is 12.1 Å². The molecule has 0 amide bonds. The molecule has 29 heavy (non-hydrogen) atoms. The molecule has 0 saturated carbocycles. The predicted octanol–water partition coefficient (Wildman–Crippen LogP) is 3.87. The first kappa shape index (κ1) is 20.1. The number of rotatable bonds is 9. The number of aromatic nitrogens is 2. The van der Waals surface area contributed by atoms with Gasteiger partial charge in [0.15, 0.2) is 11.5 Å². The van der Waals surface area contributed by atoms with Crippen LogP contribution in [-0.2, 0) is 6.54 Å². The van der Waals surface area contributed by atoms with Crippen molar-refractivity contribution in [1.82, 2.24) is 9.97 Å². The van der Waals surface area contributed by atoms with Crippen molar-refractivity contribution in [2.24, 2.45) is 0 Å². The Hall–Kier alpha value is -3.68. The number of nitrogens with zero attached hydrogens (tertiary/aromatic N) is 2. The lowest BCUT2D eigenvalue weighted by Crippen LogP contribution is -2.05. The van der Waals surface area contributed by atoms with E-state index in [0.717, 1.165) is 17.0 Å². The van der Waals surface area contributed by atoms with Gasteiger partial charge in [0.2, 0.25) is 11.7 Å². The fraction of sp³-hybridized carbons (Fsp3) is 0.238. The molecule has 0 unspecified atom stereocenters. The van der Waals surface area contributed by atoms with Gasteiger partial charge in [-0.2, -0.15) is 4.98 Å². The second-order valence-corrected chi connectivity index (χ2v) is 6.01. The van der Waals surface area contributed by atoms with Crippen molar-refractivity contribution in [1.29, 1.82) is 0 Å². The van der Waals surface area contributed by atoms with Gasteiger partial charge in [0, 0.05) is 30.6 Å². The van der Waals surface area contributed by atoms with Crippen molar-refractivity contribution in [3.63, 3.8) is 0 Å². The minimum absolute atomic E-state index is 0.512. The lowest BCUT2D eigenvalue weighted by Gasteiger charge is -2.15. The summed E-state index contributed by atoms with van der Waals surface area (Å²) in [7, 11) is 6.37. The van der Waals surface area contributed by atoms with E-state index in [2.05, 4.69) is 20.6 Å². The van der Waals surface area contributed by atoms with Crippen LogP contribution in [-0.4, -0.2) is 38.4 Å². The molecule has 0 radical (unpaired) electrons. The first-order valence-electron chi connectivity index (χ1n) is 8.93. The molecule has 1 aromatic heterocycles. The van der Waals surface area contributed by atoms with E-state index in [1.165, 1.54) is 0 Å². The molecule has 3 aromatic rings. The zero-order valence-corrected chi connectivity index (χ0v) is 16.9. The largest absolute Gasteiger partial charge is 0.497 e. The highest BCUT2D eigenvalue weighted by Gasteiger charge is 2.13. The van der Waals surface area contributed by atoms with Gasteiger partial charge >= 0.3 is 0 Å². The smallest absolute Gasteiger partial charge is 0.224 e. The van der Waals surface area contributed by atoms with Gasteiger partial charge < -0.3 is 29.6 Å². The van der Waals surface area contributed by atoms with Gasteiger partial charge in [0.25, 0.3) is 0 Å². The van der Waals surface area contributed by atoms with Crippen LogP contribution in [0.25, 0.3) is 0 Å². The van der Waals surface area contributed by atoms with Gasteiger partial charge in [-0.3, -0.25) is 0 Å². The van der Waals surface area contributed by atoms with Crippen molar-refractivity contribution in [2.45, 2.75) is 6.54 Å². The minimum atomic E-state index is 0.512. The Balaban J connectivity index is 1.72. The van der Waals surface area contributed by atoms with Crippen molar-refractivity contribution in [2.75, 3.05) is 39.1 Å². The number of anilines is 3. The third-order valence-corrected chi connectivity index (χ3v) is 4.20. The molecule has 0 bridgehead atoms. The molecule has 0 spiro atoms. The summed E-state index contributed by atoms with van der Waals surface area (Å²) in [5, 5.41) is 6.45. The fourth-order valence-corrected chi connectivity index (χ4v) is 2.74. The Labute approximate surface area is 169 Å². The van der Waals surface area contributed by atoms with Gasteiger partial charge in [0.1, 0.15) is 11.6 Å². The number of hydrogen-bond acceptors (Lipinski definition) is 8. The first-order chi connectivity index (χ1) is 14.2. The van der Waals surface area contributed by atoms with Crippen LogP contribution in [0.3, 0.4) is 0 Å². The average molecular weight is 396 g/mol. The van der Waals surface area contributed by atoms with Crippen LogP contribution in [0.2, 0.25) is 0 Å². The third-order valence-electron chi connectivity index (χ3n) is 4.20. The number of methoxy groups -OCH3 is 4. The maximum atomic E-state index is 5.39. The van der Waals surface area contributed by atoms with Crippen LogP contribution < -0.4 is 29.6 Å². The molecule has 0 aliphatic carbocycles. The van der Waals surface area contributed by atoms with Crippen LogP contribution in [0.15, 0.2) is 48.7 Å². The normalized spacial score (nSPS) is 10.2. The molecule has 8 heteroatoms. The molecule has 2 aromatic carbocycles. The SMILES string of the molecule is COc1ccc(CNc2nccc(Nc3cc(OC)c(OC)c(OC)c3)n2)cc1. The van der Waals surface area contributed by atoms with Gasteiger partial charge in [-0.05, 0) is 23.8 Å². The second kappa shape index (κ2) is 9.50. The van der Waals surface area contributed by atoms with E-state index in [4.69, 9.17) is 18.9 Å². The van der Waals surface area contributed by atoms with Crippen molar-refractivity contribution in [3.05, 3.63) is 54.2 Å². The number of ether oxygens (including phenoxy) is 4. The average Bonchev–Trinajstić information content (AvgIpc) is 2.77. The maximum absolute atomic E-state index is 5.39. The van der Waals surface area contributed by atoms with E-state index in [0.29, 0.717) is 35.6 Å². The maximum Gasteiger partial charge on any atom is 0.224 e. The summed E-state index contributed by atoms with van der Waals surface area (Å²) in [5.74, 6) is 3.61. The zero-order chi connectivity index (χ0) is 20.6. The molecule has 3 rings (SSSR count). The Kier molecular flexibility index (Phi) is 6.57. The third kappa shape index (κ3) is 4.98. The molecule has 0 atom stereocenters. The van der Waals surface area contributed by atoms with Crippen molar-refractivity contribution < 1.29 is 18.9 Å². The molecule has 0 aliphatic rings. The van der Waals surface area contributed by atoms with E-state index < -0.39 is 0 Å². The summed E-state index contributed by atoms with van der Waals surface area (Å²) in [6.07, 6.45) is 1.68. The summed E-state index contributed by atoms with van der Waals surface area (Å²) >= 11 is 0. The molecule has 1 heterocycles. The van der Waals surface area contributed by atoms with Crippen LogP contribution in [0.5, 0.6) is 23.0 Å². The monoisotopic (exact) mass is 396 g/mol. The molecule has 152 valence electrons. The summed E-state index contributed by atoms with van der Waals surface area (Å²) in [5.41, 5.74) is 1.84. The summed E-state index contributed by atoms with van der Waals surface area (Å²) in [6.45, 7) is 0.595. The quantitative estimate of drug-likeness (QED) is 0.564. The second-order valence-electron chi connectivity index (χ2n) is 6.01. The van der Waals surface area contributed by atoms with E-state index >= 15 is 0 Å². The lowest BCUT2D eigenvalue weighted by atomic mass is 10.2. The number of benzene rings is 2. The highest BCUT2D eigenvalue weighted by atomic mass is 16.5. The molecule has 0 saturated heterocycles. The Bertz CT molecular complexity index is 923. The zero-order valence-electron chi connectivity index (χ0n) is 16.9. The number of hydrogen-bond donors (Lipinski definition) is 2. The lowest BCUT2D eigenvalue weighted by molar-refractivity contribution is 0.324. The van der Waals surface area contributed by atoms with E-state index in [1.807, 2.05) is 36.4 Å². The fourth-order valence-electron chi connectivity index (χ4n) is 2.74. The van der Waals surface area contributed by atoms with Gasteiger partial charge in [-0.25, -0.2) is 4.98 Å². The highest BCUT2D eigenvalue weighted by molar-refractivity contribution is 5.66. The van der Waals surface area contributed by atoms with E-state index in [-0.39, 0.29) is 0 Å². The van der Waals surface area contributed by atoms with E-state index in [9.17, 15) is 0 Å². The van der Waals surface area contributed by atoms with Crippen molar-refractivity contribution in [3.8, 4) is 23.0 Å². The minimum Gasteiger partial charge on any atom is -0.497 e. The molecule has 0 aliphatic heterocycles. The predicted molar refractivity (Wildman–Crippen MR) is 112 cm³/mol. The first-order valence-corrected chi connectivity index (χ1v) is 8.93. The highest BCUT2D eigenvalue weighted by Crippen LogP contribution is 2.40. The summed E-state index contributed by atoms with van der Waals surface area (Å²) < 4.78 is 21.3. The summed E-state index contributed by atoms with van der Waals surface area (Å²) in [4.78, 5) is 8.77. The van der Waals surface area contributed by atoms with Crippen LogP contribution in [0, 0.1) is 0 Å². The van der Waals surface area contributed by atoms with Gasteiger partial charge in [0.05, 0.1) is 28.4 Å². The Morgan fingerprint density at radius 3 is 2.10 bits per heavy atom. The van der Waals surface area contributed by atoms with Crippen LogP contribution >= 0.6 is 0 Å². The summed E-state index contributed by atoms with van der Waals surface area (Å²) in [6, 6.07) is 13.2. The molecule has 8 nitrogen and oxygen atoms in total. The van der Waals surface area contributed by atoms with Gasteiger partial charge in [-0.15, -0.1) is 0 Å². The molecule has 0 fully saturated rings. The van der Waals surface area contributed by atoms with Crippen LogP contribution in [0.1, 0.15) is 5.56 Å². The molecular formula is C21H24N4O4. The van der Waals surface area contributed by atoms with E-state index in [1.54, 1.807) is 40.7 Å².